The van der Waals surface area contributed by atoms with Crippen molar-refractivity contribution in [2.45, 2.75) is 13.1 Å². The molecule has 0 saturated carbocycles. The Labute approximate surface area is 119 Å². The number of hydrogen-bond acceptors (Lipinski definition) is 3. The van der Waals surface area contributed by atoms with Gasteiger partial charge in [-0.25, -0.2) is 0 Å². The van der Waals surface area contributed by atoms with Crippen molar-refractivity contribution in [2.75, 3.05) is 18.6 Å². The summed E-state index contributed by atoms with van der Waals surface area (Å²) in [5, 5.41) is 0.496. The monoisotopic (exact) mass is 307 g/mol. The summed E-state index contributed by atoms with van der Waals surface area (Å²) in [7, 11) is 1.49. The Balaban J connectivity index is 3.04. The minimum absolute atomic E-state index is 0.134. The molecule has 3 nitrogen and oxygen atoms in total. The van der Waals surface area contributed by atoms with Crippen LogP contribution < -0.4 is 4.90 Å². The Morgan fingerprint density at radius 3 is 2.35 bits per heavy atom. The molecular formula is C13H13ClF3NO2. The van der Waals surface area contributed by atoms with Crippen molar-refractivity contribution in [1.29, 1.82) is 0 Å². The van der Waals surface area contributed by atoms with Crippen molar-refractivity contribution >= 4 is 23.1 Å². The Bertz CT molecular complexity index is 497. The molecule has 0 bridgehead atoms. The smallest absolute Gasteiger partial charge is 0.454 e. The Hall–Kier alpha value is -1.69. The summed E-state index contributed by atoms with van der Waals surface area (Å²) in [6.07, 6.45) is -4.50. The van der Waals surface area contributed by atoms with Crippen LogP contribution in [0.15, 0.2) is 36.2 Å². The van der Waals surface area contributed by atoms with E-state index in [9.17, 15) is 18.0 Å². The van der Waals surface area contributed by atoms with Crippen LogP contribution in [0.4, 0.5) is 18.9 Å². The van der Waals surface area contributed by atoms with Crippen LogP contribution in [0.2, 0.25) is 5.02 Å². The number of benzene rings is 1. The standard InChI is InChI=1S/C13H13ClF3NO2/c1-3-20-12(8-11(19)13(15,16)17)18(2)10-6-4-9(14)5-7-10/h4-8H,3H2,1-2H3/b12-8+. The molecule has 110 valence electrons. The predicted molar refractivity (Wildman–Crippen MR) is 70.6 cm³/mol. The lowest BCUT2D eigenvalue weighted by molar-refractivity contribution is -0.165. The van der Waals surface area contributed by atoms with Gasteiger partial charge in [-0.05, 0) is 31.2 Å². The van der Waals surface area contributed by atoms with Crippen LogP contribution in [0.3, 0.4) is 0 Å². The predicted octanol–water partition coefficient (Wildman–Crippen LogP) is 3.79. The average molecular weight is 308 g/mol. The third-order valence-electron chi connectivity index (χ3n) is 2.37. The van der Waals surface area contributed by atoms with E-state index in [0.717, 1.165) is 0 Å². The van der Waals surface area contributed by atoms with Gasteiger partial charge in [0.1, 0.15) is 0 Å². The van der Waals surface area contributed by atoms with Gasteiger partial charge >= 0.3 is 6.18 Å². The number of rotatable bonds is 5. The van der Waals surface area contributed by atoms with Gasteiger partial charge in [-0.1, -0.05) is 11.6 Å². The fraction of sp³-hybridized carbons (Fsp3) is 0.308. The maximum atomic E-state index is 12.3. The minimum atomic E-state index is -4.93. The van der Waals surface area contributed by atoms with Crippen molar-refractivity contribution in [3.05, 3.63) is 41.2 Å². The topological polar surface area (TPSA) is 29.5 Å². The van der Waals surface area contributed by atoms with E-state index in [0.29, 0.717) is 16.8 Å². The first kappa shape index (κ1) is 16.4. The quantitative estimate of drug-likeness (QED) is 0.612. The maximum absolute atomic E-state index is 12.3. The fourth-order valence-electron chi connectivity index (χ4n) is 1.37. The average Bonchev–Trinajstić information content (AvgIpc) is 2.37. The highest BCUT2D eigenvalue weighted by molar-refractivity contribution is 6.30. The van der Waals surface area contributed by atoms with Crippen molar-refractivity contribution in [3.8, 4) is 0 Å². The van der Waals surface area contributed by atoms with Crippen LogP contribution in [-0.2, 0) is 9.53 Å². The first-order valence-corrected chi connectivity index (χ1v) is 6.08. The van der Waals surface area contributed by atoms with E-state index in [1.165, 1.54) is 11.9 Å². The molecule has 20 heavy (non-hydrogen) atoms. The molecule has 1 aromatic carbocycles. The largest absolute Gasteiger partial charge is 0.479 e. The fourth-order valence-corrected chi connectivity index (χ4v) is 1.50. The van der Waals surface area contributed by atoms with Gasteiger partial charge in [-0.2, -0.15) is 13.2 Å². The summed E-state index contributed by atoms with van der Waals surface area (Å²) < 4.78 is 41.9. The van der Waals surface area contributed by atoms with Gasteiger partial charge in [0.25, 0.3) is 5.78 Å². The number of hydrogen-bond donors (Lipinski definition) is 0. The number of carbonyl (C=O) groups is 1. The minimum Gasteiger partial charge on any atom is -0.479 e. The van der Waals surface area contributed by atoms with E-state index >= 15 is 0 Å². The van der Waals surface area contributed by atoms with Crippen LogP contribution in [0.5, 0.6) is 0 Å². The molecule has 0 radical (unpaired) electrons. The summed E-state index contributed by atoms with van der Waals surface area (Å²) >= 11 is 5.73. The second-order valence-corrected chi connectivity index (χ2v) is 4.25. The zero-order valence-electron chi connectivity index (χ0n) is 10.9. The van der Waals surface area contributed by atoms with E-state index in [1.807, 2.05) is 0 Å². The molecule has 0 spiro atoms. The normalized spacial score (nSPS) is 12.2. The Morgan fingerprint density at radius 1 is 1.35 bits per heavy atom. The van der Waals surface area contributed by atoms with Crippen molar-refractivity contribution in [1.82, 2.24) is 0 Å². The van der Waals surface area contributed by atoms with Gasteiger partial charge in [0.15, 0.2) is 5.88 Å². The maximum Gasteiger partial charge on any atom is 0.454 e. The second kappa shape index (κ2) is 6.65. The van der Waals surface area contributed by atoms with E-state index < -0.39 is 12.0 Å². The van der Waals surface area contributed by atoms with Crippen LogP contribution >= 0.6 is 11.6 Å². The summed E-state index contributed by atoms with van der Waals surface area (Å²) in [6.45, 7) is 1.75. The molecule has 0 N–H and O–H groups in total. The lowest BCUT2D eigenvalue weighted by Crippen LogP contribution is -2.25. The Kier molecular flexibility index (Phi) is 5.44. The molecule has 0 aliphatic heterocycles. The third-order valence-corrected chi connectivity index (χ3v) is 2.62. The number of nitrogens with zero attached hydrogens (tertiary/aromatic N) is 1. The summed E-state index contributed by atoms with van der Waals surface area (Å²) in [4.78, 5) is 12.3. The lowest BCUT2D eigenvalue weighted by Gasteiger charge is -2.22. The lowest BCUT2D eigenvalue weighted by atomic mass is 10.3. The van der Waals surface area contributed by atoms with Crippen molar-refractivity contribution in [3.63, 3.8) is 0 Å². The molecule has 0 fully saturated rings. The first-order chi connectivity index (χ1) is 9.25. The van der Waals surface area contributed by atoms with Crippen LogP contribution in [-0.4, -0.2) is 25.6 Å². The molecule has 1 aromatic rings. The number of allylic oxidation sites excluding steroid dienone is 1. The molecule has 0 heterocycles. The van der Waals surface area contributed by atoms with Crippen molar-refractivity contribution in [2.24, 2.45) is 0 Å². The highest BCUT2D eigenvalue weighted by Crippen LogP contribution is 2.23. The summed E-state index contributed by atoms with van der Waals surface area (Å²) in [5.74, 6) is -2.15. The molecule has 1 rings (SSSR count). The van der Waals surface area contributed by atoms with Crippen LogP contribution in [0, 0.1) is 0 Å². The zero-order chi connectivity index (χ0) is 15.3. The first-order valence-electron chi connectivity index (χ1n) is 5.70. The number of alkyl halides is 3. The summed E-state index contributed by atoms with van der Waals surface area (Å²) in [6, 6.07) is 6.38. The van der Waals surface area contributed by atoms with Gasteiger partial charge in [0.2, 0.25) is 0 Å². The van der Waals surface area contributed by atoms with Gasteiger partial charge in [0.05, 0.1) is 12.7 Å². The van der Waals surface area contributed by atoms with Gasteiger partial charge < -0.3 is 9.64 Å². The number of halogens is 4. The van der Waals surface area contributed by atoms with Gasteiger partial charge in [-0.3, -0.25) is 4.79 Å². The van der Waals surface area contributed by atoms with E-state index in [-0.39, 0.29) is 12.5 Å². The molecule has 0 aromatic heterocycles. The van der Waals surface area contributed by atoms with Crippen LogP contribution in [0.25, 0.3) is 0 Å². The molecule has 7 heteroatoms. The van der Waals surface area contributed by atoms with Gasteiger partial charge in [0, 0.05) is 17.8 Å². The second-order valence-electron chi connectivity index (χ2n) is 3.81. The molecule has 0 atom stereocenters. The van der Waals surface area contributed by atoms with Gasteiger partial charge in [-0.15, -0.1) is 0 Å². The molecular weight excluding hydrogens is 295 g/mol. The zero-order valence-corrected chi connectivity index (χ0v) is 11.6. The van der Waals surface area contributed by atoms with E-state index in [2.05, 4.69) is 0 Å². The van der Waals surface area contributed by atoms with Crippen LogP contribution in [0.1, 0.15) is 6.92 Å². The number of carbonyl (C=O) groups excluding carboxylic acids is 1. The van der Waals surface area contributed by atoms with E-state index in [1.54, 1.807) is 31.2 Å². The number of anilines is 1. The van der Waals surface area contributed by atoms with Crippen molar-refractivity contribution < 1.29 is 22.7 Å². The van der Waals surface area contributed by atoms with E-state index in [4.69, 9.17) is 16.3 Å². The molecule has 0 aliphatic carbocycles. The SMILES string of the molecule is CCO/C(=C/C(=O)C(F)(F)F)N(C)c1ccc(Cl)cc1. The number of ketones is 1. The molecule has 0 aliphatic rings. The molecule has 0 unspecified atom stereocenters. The Morgan fingerprint density at radius 2 is 1.90 bits per heavy atom. The number of ether oxygens (including phenoxy) is 1. The highest BCUT2D eigenvalue weighted by atomic mass is 35.5. The third kappa shape index (κ3) is 4.45. The highest BCUT2D eigenvalue weighted by Gasteiger charge is 2.37. The molecule has 0 amide bonds. The summed E-state index contributed by atoms with van der Waals surface area (Å²) in [5.41, 5.74) is 0.545. The molecule has 0 saturated heterocycles.